The van der Waals surface area contributed by atoms with Crippen molar-refractivity contribution in [1.29, 1.82) is 0 Å². The second kappa shape index (κ2) is 11.3. The van der Waals surface area contributed by atoms with Crippen molar-refractivity contribution in [2.24, 2.45) is 0 Å². The van der Waals surface area contributed by atoms with E-state index in [1.807, 2.05) is 95.7 Å². The van der Waals surface area contributed by atoms with Crippen LogP contribution in [0.5, 0.6) is 11.5 Å². The van der Waals surface area contributed by atoms with Gasteiger partial charge in [-0.1, -0.05) is 42.5 Å². The summed E-state index contributed by atoms with van der Waals surface area (Å²) >= 11 is 0. The molecule has 8 heteroatoms. The molecule has 2 N–H and O–H groups in total. The number of aromatic nitrogens is 3. The molecule has 6 rings (SSSR count). The summed E-state index contributed by atoms with van der Waals surface area (Å²) in [7, 11) is 3.88. The van der Waals surface area contributed by atoms with Gasteiger partial charge in [-0.3, -0.25) is 9.69 Å². The van der Waals surface area contributed by atoms with Crippen molar-refractivity contribution < 1.29 is 9.53 Å². The van der Waals surface area contributed by atoms with Gasteiger partial charge in [-0.2, -0.15) is 0 Å². The molecule has 8 nitrogen and oxygen atoms in total. The summed E-state index contributed by atoms with van der Waals surface area (Å²) in [5.74, 6) is 1.84. The van der Waals surface area contributed by atoms with Crippen LogP contribution in [0.25, 0.3) is 27.8 Å². The number of benzene rings is 3. The number of carbonyl (C=O) groups excluding carboxylic acids is 1. The fraction of sp³-hybridized carbons (Fsp3) is 0.182. The second-order valence-corrected chi connectivity index (χ2v) is 10.3. The summed E-state index contributed by atoms with van der Waals surface area (Å²) in [6, 6.07) is 26.0. The first kappa shape index (κ1) is 26.3. The Morgan fingerprint density at radius 1 is 1.00 bits per heavy atom. The molecule has 2 heterocycles. The number of nitrogen functional groups attached to an aromatic ring is 1. The minimum Gasteiger partial charge on any atom is -0.457 e. The zero-order chi connectivity index (χ0) is 28.3. The van der Waals surface area contributed by atoms with Gasteiger partial charge in [-0.05, 0) is 67.9 Å². The molecule has 0 atom stereocenters. The summed E-state index contributed by atoms with van der Waals surface area (Å²) in [6.45, 7) is 0.767. The number of ether oxygens (including phenoxy) is 1. The summed E-state index contributed by atoms with van der Waals surface area (Å²) < 4.78 is 7.95. The Bertz CT molecular complexity index is 1710. The number of rotatable bonds is 9. The van der Waals surface area contributed by atoms with Gasteiger partial charge in [-0.15, -0.1) is 0 Å². The lowest BCUT2D eigenvalue weighted by molar-refractivity contribution is -0.113. The molecule has 2 aromatic heterocycles. The van der Waals surface area contributed by atoms with Crippen LogP contribution in [0.1, 0.15) is 12.8 Å². The van der Waals surface area contributed by atoms with Crippen LogP contribution in [-0.2, 0) is 4.79 Å². The average molecular weight is 545 g/mol. The molecule has 3 aromatic carbocycles. The molecule has 41 heavy (non-hydrogen) atoms. The molecule has 0 aliphatic heterocycles. The summed E-state index contributed by atoms with van der Waals surface area (Å²) in [5, 5.41) is 0.766. The largest absolute Gasteiger partial charge is 0.457 e. The Morgan fingerprint density at radius 3 is 2.51 bits per heavy atom. The van der Waals surface area contributed by atoms with E-state index >= 15 is 0 Å². The molecule has 0 unspecified atom stereocenters. The van der Waals surface area contributed by atoms with E-state index in [0.717, 1.165) is 45.9 Å². The van der Waals surface area contributed by atoms with Crippen molar-refractivity contribution in [2.45, 2.75) is 18.9 Å². The van der Waals surface area contributed by atoms with Gasteiger partial charge in [0.2, 0.25) is 5.91 Å². The van der Waals surface area contributed by atoms with Crippen LogP contribution >= 0.6 is 0 Å². The standard InChI is InChI=1S/C33H32N6O2/c1-37(24-15-16-24)19-7-12-30(40)38(2)25-8-6-9-26(20-25)39-21-29(31-32(34)35-22-36-33(31)39)23-13-17-28(18-14-23)41-27-10-4-3-5-11-27/h3-14,17-18,20-22,24H,15-16,19H2,1-2H3,(H2,34,35,36)/b12-7+. The molecule has 0 radical (unpaired) electrons. The van der Waals surface area contributed by atoms with Crippen molar-refractivity contribution in [3.63, 3.8) is 0 Å². The monoisotopic (exact) mass is 544 g/mol. The molecular weight excluding hydrogens is 512 g/mol. The quantitative estimate of drug-likeness (QED) is 0.226. The highest BCUT2D eigenvalue weighted by Gasteiger charge is 2.25. The smallest absolute Gasteiger partial charge is 0.250 e. The Labute approximate surface area is 239 Å². The molecule has 1 saturated carbocycles. The Kier molecular flexibility index (Phi) is 7.22. The lowest BCUT2D eigenvalue weighted by Crippen LogP contribution is -2.25. The predicted molar refractivity (Wildman–Crippen MR) is 163 cm³/mol. The van der Waals surface area contributed by atoms with Gasteiger partial charge in [0, 0.05) is 48.8 Å². The molecule has 1 aliphatic carbocycles. The van der Waals surface area contributed by atoms with E-state index in [9.17, 15) is 4.79 Å². The van der Waals surface area contributed by atoms with E-state index in [4.69, 9.17) is 10.5 Å². The number of nitrogens with zero attached hydrogens (tertiary/aromatic N) is 5. The van der Waals surface area contributed by atoms with E-state index < -0.39 is 0 Å². The van der Waals surface area contributed by atoms with E-state index in [1.165, 1.54) is 19.2 Å². The molecule has 206 valence electrons. The number of fused-ring (bicyclic) bond motifs is 1. The number of carbonyl (C=O) groups is 1. The Hall–Kier alpha value is -4.95. The van der Waals surface area contributed by atoms with Gasteiger partial charge >= 0.3 is 0 Å². The normalized spacial score (nSPS) is 13.2. The highest BCUT2D eigenvalue weighted by atomic mass is 16.5. The SMILES string of the molecule is CN(C(=O)/C=C/CN(C)C1CC1)c1cccc(-n2cc(-c3ccc(Oc4ccccc4)cc3)c3c(N)ncnc32)c1. The van der Waals surface area contributed by atoms with Gasteiger partial charge in [0.1, 0.15) is 23.6 Å². The van der Waals surface area contributed by atoms with Crippen LogP contribution in [0.3, 0.4) is 0 Å². The van der Waals surface area contributed by atoms with Gasteiger partial charge in [-0.25, -0.2) is 9.97 Å². The molecule has 5 aromatic rings. The number of amides is 1. The molecule has 1 amide bonds. The van der Waals surface area contributed by atoms with Crippen LogP contribution in [0, 0.1) is 0 Å². The van der Waals surface area contributed by atoms with Crippen LogP contribution in [0.15, 0.2) is 104 Å². The Morgan fingerprint density at radius 2 is 1.76 bits per heavy atom. The third kappa shape index (κ3) is 5.69. The third-order valence-electron chi connectivity index (χ3n) is 7.41. The van der Waals surface area contributed by atoms with Crippen molar-refractivity contribution in [3.8, 4) is 28.3 Å². The maximum Gasteiger partial charge on any atom is 0.250 e. The number of para-hydroxylation sites is 1. The molecule has 0 saturated heterocycles. The third-order valence-corrected chi connectivity index (χ3v) is 7.41. The minimum atomic E-state index is -0.0752. The first-order chi connectivity index (χ1) is 20.0. The van der Waals surface area contributed by atoms with Gasteiger partial charge in [0.25, 0.3) is 0 Å². The van der Waals surface area contributed by atoms with Crippen molar-refractivity contribution in [1.82, 2.24) is 19.4 Å². The number of nitrogens with two attached hydrogens (primary N) is 1. The lowest BCUT2D eigenvalue weighted by atomic mass is 10.1. The fourth-order valence-electron chi connectivity index (χ4n) is 4.90. The van der Waals surface area contributed by atoms with Crippen molar-refractivity contribution >= 4 is 28.4 Å². The summed E-state index contributed by atoms with van der Waals surface area (Å²) in [4.78, 5) is 25.7. The molecule has 0 bridgehead atoms. The first-order valence-electron chi connectivity index (χ1n) is 13.7. The van der Waals surface area contributed by atoms with Crippen molar-refractivity contribution in [3.05, 3.63) is 104 Å². The Balaban J connectivity index is 1.28. The van der Waals surface area contributed by atoms with E-state index in [2.05, 4.69) is 21.9 Å². The highest BCUT2D eigenvalue weighted by molar-refractivity contribution is 6.02. The van der Waals surface area contributed by atoms with E-state index in [1.54, 1.807) is 18.0 Å². The second-order valence-electron chi connectivity index (χ2n) is 10.3. The maximum atomic E-state index is 12.9. The average Bonchev–Trinajstić information content (AvgIpc) is 3.78. The van der Waals surface area contributed by atoms with E-state index in [0.29, 0.717) is 17.5 Å². The van der Waals surface area contributed by atoms with Crippen LogP contribution < -0.4 is 15.4 Å². The molecule has 0 spiro atoms. The first-order valence-corrected chi connectivity index (χ1v) is 13.7. The van der Waals surface area contributed by atoms with Crippen LogP contribution in [-0.4, -0.2) is 52.0 Å². The van der Waals surface area contributed by atoms with Gasteiger partial charge in [0.15, 0.2) is 5.65 Å². The number of hydrogen-bond acceptors (Lipinski definition) is 6. The number of likely N-dealkylation sites (N-methyl/N-ethyl adjacent to an activating group) is 2. The zero-order valence-electron chi connectivity index (χ0n) is 23.1. The molecule has 1 aliphatic rings. The van der Waals surface area contributed by atoms with E-state index in [-0.39, 0.29) is 5.91 Å². The number of hydrogen-bond donors (Lipinski definition) is 1. The maximum absolute atomic E-state index is 12.9. The predicted octanol–water partition coefficient (Wildman–Crippen LogP) is 6.08. The number of anilines is 2. The molecular formula is C33H32N6O2. The minimum absolute atomic E-state index is 0.0752. The highest BCUT2D eigenvalue weighted by Crippen LogP contribution is 2.36. The molecule has 1 fully saturated rings. The topological polar surface area (TPSA) is 89.5 Å². The lowest BCUT2D eigenvalue weighted by Gasteiger charge is -2.17. The van der Waals surface area contributed by atoms with Crippen LogP contribution in [0.2, 0.25) is 0 Å². The fourth-order valence-corrected chi connectivity index (χ4v) is 4.90. The summed E-state index contributed by atoms with van der Waals surface area (Å²) in [6.07, 6.45) is 9.54. The van der Waals surface area contributed by atoms with Gasteiger partial charge < -0.3 is 19.9 Å². The van der Waals surface area contributed by atoms with Crippen molar-refractivity contribution in [2.75, 3.05) is 31.3 Å². The van der Waals surface area contributed by atoms with Crippen LogP contribution in [0.4, 0.5) is 11.5 Å². The van der Waals surface area contributed by atoms with Gasteiger partial charge in [0.05, 0.1) is 5.39 Å². The summed E-state index contributed by atoms with van der Waals surface area (Å²) in [5.41, 5.74) is 10.6. The zero-order valence-corrected chi connectivity index (χ0v) is 23.1.